The van der Waals surface area contributed by atoms with Gasteiger partial charge in [0.1, 0.15) is 0 Å². The molecule has 0 aliphatic heterocycles. The lowest BCUT2D eigenvalue weighted by molar-refractivity contribution is 0.0795. The van der Waals surface area contributed by atoms with Gasteiger partial charge in [-0.05, 0) is 6.07 Å². The average molecular weight is 202 g/mol. The van der Waals surface area contributed by atoms with Crippen LogP contribution in [0.3, 0.4) is 0 Å². The third-order valence-electron chi connectivity index (χ3n) is 1.38. The predicted octanol–water partition coefficient (Wildman–Crippen LogP) is 0.824. The zero-order chi connectivity index (χ0) is 10.6. The number of nitrogens with two attached hydrogens (primary N) is 1. The Morgan fingerprint density at radius 3 is 2.93 bits per heavy atom. The van der Waals surface area contributed by atoms with Gasteiger partial charge in [-0.25, -0.2) is 13.8 Å². The lowest BCUT2D eigenvalue weighted by Crippen LogP contribution is -2.12. The quantitative estimate of drug-likeness (QED) is 0.786. The van der Waals surface area contributed by atoms with Crippen LogP contribution in [0.2, 0.25) is 0 Å². The zero-order valence-electron chi connectivity index (χ0n) is 7.11. The minimum absolute atomic E-state index is 0.0402. The van der Waals surface area contributed by atoms with Crippen molar-refractivity contribution in [2.24, 2.45) is 5.73 Å². The van der Waals surface area contributed by atoms with Crippen LogP contribution in [-0.4, -0.2) is 23.9 Å². The van der Waals surface area contributed by atoms with Crippen molar-refractivity contribution in [2.45, 2.75) is 6.43 Å². The molecular formula is C8H8F2N2O2. The molecule has 0 aromatic carbocycles. The number of alkyl halides is 2. The molecule has 14 heavy (non-hydrogen) atoms. The molecule has 1 rings (SSSR count). The molecule has 1 amide bonds. The minimum atomic E-state index is -2.57. The van der Waals surface area contributed by atoms with Crippen LogP contribution in [0.25, 0.3) is 0 Å². The first kappa shape index (κ1) is 10.4. The highest BCUT2D eigenvalue weighted by atomic mass is 19.3. The second-order valence-electron chi connectivity index (χ2n) is 2.45. The van der Waals surface area contributed by atoms with Gasteiger partial charge in [-0.2, -0.15) is 0 Å². The molecule has 0 bridgehead atoms. The fourth-order valence-electron chi connectivity index (χ4n) is 0.790. The van der Waals surface area contributed by atoms with Gasteiger partial charge in [0.2, 0.25) is 11.8 Å². The monoisotopic (exact) mass is 202 g/mol. The summed E-state index contributed by atoms with van der Waals surface area (Å²) < 4.78 is 28.1. The molecule has 0 aliphatic carbocycles. The first-order valence-electron chi connectivity index (χ1n) is 3.76. The molecule has 76 valence electrons. The van der Waals surface area contributed by atoms with Crippen molar-refractivity contribution in [3.63, 3.8) is 0 Å². The van der Waals surface area contributed by atoms with Gasteiger partial charge in [0.25, 0.3) is 6.43 Å². The van der Waals surface area contributed by atoms with Crippen LogP contribution >= 0.6 is 0 Å². The molecule has 6 heteroatoms. The van der Waals surface area contributed by atoms with Crippen LogP contribution in [-0.2, 0) is 0 Å². The molecule has 0 radical (unpaired) electrons. The first-order valence-corrected chi connectivity index (χ1v) is 3.76. The van der Waals surface area contributed by atoms with E-state index in [-0.39, 0.29) is 11.4 Å². The van der Waals surface area contributed by atoms with E-state index in [1.165, 1.54) is 18.3 Å². The van der Waals surface area contributed by atoms with Crippen molar-refractivity contribution in [1.82, 2.24) is 4.98 Å². The van der Waals surface area contributed by atoms with Crippen LogP contribution in [0.4, 0.5) is 8.78 Å². The number of pyridine rings is 1. The van der Waals surface area contributed by atoms with E-state index in [1.807, 2.05) is 0 Å². The summed E-state index contributed by atoms with van der Waals surface area (Å²) in [5, 5.41) is 0. The highest BCUT2D eigenvalue weighted by molar-refractivity contribution is 5.92. The molecule has 0 atom stereocenters. The second kappa shape index (κ2) is 4.50. The summed E-state index contributed by atoms with van der Waals surface area (Å²) in [5.41, 5.74) is 5.14. The molecule has 0 saturated carbocycles. The van der Waals surface area contributed by atoms with Gasteiger partial charge < -0.3 is 10.5 Å². The molecule has 0 fully saturated rings. The maximum Gasteiger partial charge on any atom is 0.272 e. The second-order valence-corrected chi connectivity index (χ2v) is 2.45. The van der Waals surface area contributed by atoms with E-state index in [9.17, 15) is 13.6 Å². The number of primary amides is 1. The Morgan fingerprint density at radius 2 is 2.36 bits per heavy atom. The molecule has 0 unspecified atom stereocenters. The Hall–Kier alpha value is -1.72. The average Bonchev–Trinajstić information content (AvgIpc) is 2.15. The van der Waals surface area contributed by atoms with E-state index < -0.39 is 18.9 Å². The normalized spacial score (nSPS) is 10.2. The van der Waals surface area contributed by atoms with E-state index in [2.05, 4.69) is 9.72 Å². The van der Waals surface area contributed by atoms with E-state index in [4.69, 9.17) is 5.73 Å². The van der Waals surface area contributed by atoms with E-state index in [1.54, 1.807) is 0 Å². The fourth-order valence-corrected chi connectivity index (χ4v) is 0.790. The summed E-state index contributed by atoms with van der Waals surface area (Å²) in [7, 11) is 0. The zero-order valence-corrected chi connectivity index (χ0v) is 7.11. The van der Waals surface area contributed by atoms with Crippen LogP contribution in [0.5, 0.6) is 5.88 Å². The van der Waals surface area contributed by atoms with Gasteiger partial charge in [-0.3, -0.25) is 4.79 Å². The maximum absolute atomic E-state index is 11.7. The van der Waals surface area contributed by atoms with Gasteiger partial charge in [0, 0.05) is 17.8 Å². The highest BCUT2D eigenvalue weighted by Crippen LogP contribution is 2.09. The largest absolute Gasteiger partial charge is 0.472 e. The van der Waals surface area contributed by atoms with Crippen molar-refractivity contribution in [3.8, 4) is 5.88 Å². The summed E-state index contributed by atoms with van der Waals surface area (Å²) in [6.07, 6.45) is -1.31. The number of aromatic nitrogens is 1. The minimum Gasteiger partial charge on any atom is -0.472 e. The van der Waals surface area contributed by atoms with Gasteiger partial charge in [-0.1, -0.05) is 0 Å². The van der Waals surface area contributed by atoms with Crippen LogP contribution in [0.1, 0.15) is 10.4 Å². The molecule has 1 heterocycles. The summed E-state index contributed by atoms with van der Waals surface area (Å²) in [6.45, 7) is -0.755. The number of carbonyl (C=O) groups is 1. The van der Waals surface area contributed by atoms with Crippen molar-refractivity contribution in [1.29, 1.82) is 0 Å². The van der Waals surface area contributed by atoms with Crippen molar-refractivity contribution in [2.75, 3.05) is 6.61 Å². The molecule has 1 aromatic rings. The number of nitrogens with zero attached hydrogens (tertiary/aromatic N) is 1. The molecule has 2 N–H and O–H groups in total. The van der Waals surface area contributed by atoms with E-state index in [0.717, 1.165) is 0 Å². The molecule has 1 aromatic heterocycles. The number of ether oxygens (including phenoxy) is 1. The molecule has 4 nitrogen and oxygen atoms in total. The summed E-state index contributed by atoms with van der Waals surface area (Å²) >= 11 is 0. The number of carbonyl (C=O) groups excluding carboxylic acids is 1. The van der Waals surface area contributed by atoms with Gasteiger partial charge in [0.05, 0.1) is 0 Å². The molecule has 0 spiro atoms. The maximum atomic E-state index is 11.7. The smallest absolute Gasteiger partial charge is 0.272 e. The standard InChI is InChI=1S/C8H8F2N2O2/c9-6(10)4-14-7-3-5(8(11)13)1-2-12-7/h1-3,6H,4H2,(H2,11,13). The molecule has 0 aliphatic rings. The van der Waals surface area contributed by atoms with Crippen molar-refractivity contribution < 1.29 is 18.3 Å². The third-order valence-corrected chi connectivity index (χ3v) is 1.38. The summed E-state index contributed by atoms with van der Waals surface area (Å²) in [4.78, 5) is 14.3. The van der Waals surface area contributed by atoms with Gasteiger partial charge in [-0.15, -0.1) is 0 Å². The lowest BCUT2D eigenvalue weighted by atomic mass is 10.2. The summed E-state index contributed by atoms with van der Waals surface area (Å²) in [5.74, 6) is -0.698. The topological polar surface area (TPSA) is 65.2 Å². The number of hydrogen-bond donors (Lipinski definition) is 1. The number of rotatable bonds is 4. The Morgan fingerprint density at radius 1 is 1.64 bits per heavy atom. The Kier molecular flexibility index (Phi) is 3.33. The van der Waals surface area contributed by atoms with Crippen molar-refractivity contribution >= 4 is 5.91 Å². The van der Waals surface area contributed by atoms with Crippen molar-refractivity contribution in [3.05, 3.63) is 23.9 Å². The van der Waals surface area contributed by atoms with Crippen LogP contribution < -0.4 is 10.5 Å². The SMILES string of the molecule is NC(=O)c1ccnc(OCC(F)F)c1. The Labute approximate surface area is 78.7 Å². The number of halogens is 2. The number of amides is 1. The fraction of sp³-hybridized carbons (Fsp3) is 0.250. The Bertz CT molecular complexity index is 331. The van der Waals surface area contributed by atoms with Gasteiger partial charge >= 0.3 is 0 Å². The van der Waals surface area contributed by atoms with E-state index in [0.29, 0.717) is 0 Å². The highest BCUT2D eigenvalue weighted by Gasteiger charge is 2.06. The van der Waals surface area contributed by atoms with Crippen LogP contribution in [0.15, 0.2) is 18.3 Å². The predicted molar refractivity (Wildman–Crippen MR) is 44.3 cm³/mol. The summed E-state index contributed by atoms with van der Waals surface area (Å²) in [6, 6.07) is 2.59. The third kappa shape index (κ3) is 2.96. The Balaban J connectivity index is 2.69. The molecule has 0 saturated heterocycles. The first-order chi connectivity index (χ1) is 6.59. The van der Waals surface area contributed by atoms with Crippen LogP contribution in [0, 0.1) is 0 Å². The van der Waals surface area contributed by atoms with E-state index >= 15 is 0 Å². The molecular weight excluding hydrogens is 194 g/mol. The number of hydrogen-bond acceptors (Lipinski definition) is 3. The lowest BCUT2D eigenvalue weighted by Gasteiger charge is -2.04. The van der Waals surface area contributed by atoms with Gasteiger partial charge in [0.15, 0.2) is 6.61 Å².